The Morgan fingerprint density at radius 1 is 0.500 bits per heavy atom. The van der Waals surface area contributed by atoms with Gasteiger partial charge in [-0.1, -0.05) is 61.7 Å². The first kappa shape index (κ1) is 59.9. The average Bonchev–Trinajstić information content (AvgIpc) is 3.05. The smallest absolute Gasteiger partial charge is 0.545 e. The van der Waals surface area contributed by atoms with Crippen molar-refractivity contribution in [2.75, 3.05) is 0 Å². The van der Waals surface area contributed by atoms with Crippen LogP contribution in [-0.4, -0.2) is 53.0 Å². The third kappa shape index (κ3) is 22.6. The summed E-state index contributed by atoms with van der Waals surface area (Å²) in [5, 5.41) is 53.0. The van der Waals surface area contributed by atoms with Gasteiger partial charge >= 0.3 is 34.1 Å². The fraction of sp³-hybridized carbons (Fsp3) is 0.0625. The van der Waals surface area contributed by atoms with Gasteiger partial charge < -0.3 is 72.4 Å². The topological polar surface area (TPSA) is 393 Å². The maximum atomic E-state index is 9.49. The zero-order valence-electron chi connectivity index (χ0n) is 28.2. The predicted octanol–water partition coefficient (Wildman–Crippen LogP) is 0.214. The summed E-state index contributed by atoms with van der Waals surface area (Å²) < 4.78 is 0. The summed E-state index contributed by atoms with van der Waals surface area (Å²) in [5.74, 6) is -2.37. The summed E-state index contributed by atoms with van der Waals surface area (Å²) in [6, 6.07) is 24.3. The van der Waals surface area contributed by atoms with E-state index < -0.39 is 22.1 Å². The van der Waals surface area contributed by atoms with E-state index in [-0.39, 0.29) is 67.2 Å². The first-order valence-electron chi connectivity index (χ1n) is 13.2. The van der Waals surface area contributed by atoms with Crippen molar-refractivity contribution in [1.82, 2.24) is 19.9 Å². The molecule has 0 spiro atoms. The Balaban J connectivity index is -0.000000135. The molecule has 0 amide bonds. The summed E-state index contributed by atoms with van der Waals surface area (Å²) in [4.78, 5) is 52.9. The first-order chi connectivity index (χ1) is 22.6. The van der Waals surface area contributed by atoms with E-state index in [9.17, 15) is 19.8 Å². The summed E-state index contributed by atoms with van der Waals surface area (Å²) in [7, 11) is 0. The fourth-order valence-electron chi connectivity index (χ4n) is 3.36. The number of benzene rings is 2. The Hall–Kier alpha value is -6.22. The number of hydrogen-bond acceptors (Lipinski definition) is 14. The van der Waals surface area contributed by atoms with Crippen LogP contribution in [0.25, 0.3) is 43.6 Å². The summed E-state index contributed by atoms with van der Waals surface area (Å²) in [6.07, 6.45) is 7.21. The van der Waals surface area contributed by atoms with E-state index >= 15 is 0 Å². The van der Waals surface area contributed by atoms with E-state index in [0.29, 0.717) is 0 Å². The average molecular weight is 856 g/mol. The van der Waals surface area contributed by atoms with Crippen LogP contribution in [0.5, 0.6) is 0 Å². The SMILES string of the molecule is C=C(C)C(=O)[O-].C=C(C)C(=O)[O-].O.O.O=[N+]([O-])[O-].O=[N+]([O-])[O-].[Cu+2].[Cu+2].[OH3+].[OH3+].c1cnc2c(c1)ccc1cccnc12.c1cnc2c(c1)ccc1cccnc12. The number of carbonyl (C=O) groups is 2. The van der Waals surface area contributed by atoms with Crippen molar-refractivity contribution < 1.29 is 86.0 Å². The quantitative estimate of drug-likeness (QED) is 0.0561. The monoisotopic (exact) mass is 854 g/mol. The summed E-state index contributed by atoms with van der Waals surface area (Å²) in [5.41, 5.74) is 4.04. The first-order valence-corrected chi connectivity index (χ1v) is 13.2. The van der Waals surface area contributed by atoms with E-state index in [1.165, 1.54) is 13.8 Å². The second-order valence-corrected chi connectivity index (χ2v) is 9.01. The van der Waals surface area contributed by atoms with Crippen molar-refractivity contribution in [2.45, 2.75) is 13.8 Å². The third-order valence-corrected chi connectivity index (χ3v) is 5.39. The van der Waals surface area contributed by atoms with Crippen LogP contribution in [0, 0.1) is 30.6 Å². The molecule has 2 radical (unpaired) electrons. The molecule has 4 aromatic heterocycles. The molecule has 10 N–H and O–H groups in total. The molecule has 298 valence electrons. The molecule has 0 saturated carbocycles. The van der Waals surface area contributed by atoms with E-state index in [1.807, 2.05) is 24.3 Å². The van der Waals surface area contributed by atoms with Gasteiger partial charge in [-0.25, -0.2) is 0 Å². The molecule has 6 rings (SSSR count). The van der Waals surface area contributed by atoms with Gasteiger partial charge in [0.25, 0.3) is 0 Å². The number of carbonyl (C=O) groups excluding carboxylic acids is 2. The molecule has 0 atom stereocenters. The predicted molar refractivity (Wildman–Crippen MR) is 191 cm³/mol. The molecule has 0 aliphatic heterocycles. The molecule has 0 bridgehead atoms. The largest absolute Gasteiger partial charge is 2.00 e. The van der Waals surface area contributed by atoms with Crippen LogP contribution >= 0.6 is 0 Å². The van der Waals surface area contributed by atoms with E-state index in [2.05, 4.69) is 81.6 Å². The van der Waals surface area contributed by atoms with E-state index in [0.717, 1.165) is 43.6 Å². The Kier molecular flexibility index (Phi) is 35.0. The number of fused-ring (bicyclic) bond motifs is 6. The zero-order valence-corrected chi connectivity index (χ0v) is 30.1. The minimum atomic E-state index is -1.75. The second-order valence-electron chi connectivity index (χ2n) is 9.01. The Bertz CT molecular complexity index is 1790. The van der Waals surface area contributed by atoms with Crippen molar-refractivity contribution in [2.24, 2.45) is 0 Å². The minimum Gasteiger partial charge on any atom is -0.545 e. The van der Waals surface area contributed by atoms with Gasteiger partial charge in [-0.3, -0.25) is 19.9 Å². The van der Waals surface area contributed by atoms with E-state index in [1.54, 1.807) is 24.8 Å². The molecule has 6 aromatic rings. The molecule has 54 heavy (non-hydrogen) atoms. The third-order valence-electron chi connectivity index (χ3n) is 5.39. The Morgan fingerprint density at radius 2 is 0.648 bits per heavy atom. The molecule has 0 fully saturated rings. The van der Waals surface area contributed by atoms with Gasteiger partial charge in [-0.05, 0) is 49.3 Å². The molecule has 0 saturated heterocycles. The maximum absolute atomic E-state index is 9.49. The minimum absolute atomic E-state index is 0. The van der Waals surface area contributed by atoms with Gasteiger partial charge in [0.1, 0.15) is 0 Å². The molecule has 22 heteroatoms. The molecule has 2 aromatic carbocycles. The normalized spacial score (nSPS) is 8.19. The van der Waals surface area contributed by atoms with Gasteiger partial charge in [-0.2, -0.15) is 0 Å². The van der Waals surface area contributed by atoms with Crippen LogP contribution < -0.4 is 10.2 Å². The van der Waals surface area contributed by atoms with Crippen molar-refractivity contribution in [3.63, 3.8) is 0 Å². The van der Waals surface area contributed by atoms with Crippen LogP contribution in [0.15, 0.2) is 122 Å². The van der Waals surface area contributed by atoms with E-state index in [4.69, 9.17) is 30.6 Å². The van der Waals surface area contributed by atoms with Gasteiger partial charge in [0, 0.05) is 46.3 Å². The molecule has 4 heterocycles. The number of aromatic nitrogens is 4. The van der Waals surface area contributed by atoms with Crippen molar-refractivity contribution in [1.29, 1.82) is 0 Å². The van der Waals surface area contributed by atoms with Gasteiger partial charge in [0.2, 0.25) is 0 Å². The van der Waals surface area contributed by atoms with Crippen molar-refractivity contribution in [3.05, 3.63) is 153 Å². The number of aliphatic carboxylic acids is 2. The van der Waals surface area contributed by atoms with Crippen LogP contribution in [0.4, 0.5) is 0 Å². The number of carboxylic acid groups (broad SMARTS) is 2. The van der Waals surface area contributed by atoms with Gasteiger partial charge in [0.15, 0.2) is 0 Å². The number of carboxylic acids is 2. The van der Waals surface area contributed by atoms with Gasteiger partial charge in [0.05, 0.1) is 44.2 Å². The zero-order chi connectivity index (χ0) is 36.2. The number of pyridine rings is 4. The summed E-state index contributed by atoms with van der Waals surface area (Å²) >= 11 is 0. The van der Waals surface area contributed by atoms with Crippen LogP contribution in [0.3, 0.4) is 0 Å². The molecule has 0 aliphatic rings. The number of hydrogen-bond donors (Lipinski definition) is 0. The molecule has 20 nitrogen and oxygen atoms in total. The second kappa shape index (κ2) is 31.5. The molecular formula is C32H36Cu2N6O14+2. The van der Waals surface area contributed by atoms with Crippen LogP contribution in [0.2, 0.25) is 0 Å². The van der Waals surface area contributed by atoms with Crippen LogP contribution in [-0.2, 0) is 54.7 Å². The summed E-state index contributed by atoms with van der Waals surface area (Å²) in [6.45, 7) is 8.95. The Labute approximate surface area is 326 Å². The molecule has 0 aliphatic carbocycles. The van der Waals surface area contributed by atoms with Gasteiger partial charge in [-0.15, -0.1) is 0 Å². The number of nitrogens with zero attached hydrogens (tertiary/aromatic N) is 6. The van der Waals surface area contributed by atoms with Crippen molar-refractivity contribution >= 4 is 55.6 Å². The maximum Gasteiger partial charge on any atom is 2.00 e. The standard InChI is InChI=1S/2C12H8N2.2C4H6O2.2Cu.2NO3.4H2O/c2*1-3-9-5-6-10-4-2-8-14-12(10)11(9)13-7-1;2*1-3(2)4(5)6;;;2*2-1(3)4;;;;/h2*1-8H;2*1H2,2H3,(H,5,6);;;;;4*1H2/q;;;;2*+2;2*-1;;;;. The number of rotatable bonds is 2. The Morgan fingerprint density at radius 3 is 0.778 bits per heavy atom. The molecule has 0 unspecified atom stereocenters. The van der Waals surface area contributed by atoms with Crippen molar-refractivity contribution in [3.8, 4) is 0 Å². The fourth-order valence-corrected chi connectivity index (χ4v) is 3.36. The molecular weight excluding hydrogens is 819 g/mol. The van der Waals surface area contributed by atoms with Crippen LogP contribution in [0.1, 0.15) is 13.8 Å².